The Morgan fingerprint density at radius 1 is 1.06 bits per heavy atom. The van der Waals surface area contributed by atoms with E-state index in [1.54, 1.807) is 4.72 Å². The number of alkyl halides is 2. The van der Waals surface area contributed by atoms with Crippen molar-refractivity contribution in [2.24, 2.45) is 5.14 Å². The van der Waals surface area contributed by atoms with Crippen LogP contribution in [0.2, 0.25) is 0 Å². The summed E-state index contributed by atoms with van der Waals surface area (Å²) in [4.78, 5) is -0.592. The van der Waals surface area contributed by atoms with Crippen LogP contribution in [0.1, 0.15) is 0 Å². The van der Waals surface area contributed by atoms with Crippen molar-refractivity contribution >= 4 is 20.0 Å². The van der Waals surface area contributed by atoms with Gasteiger partial charge < -0.3 is 0 Å². The molecule has 0 spiro atoms. The van der Waals surface area contributed by atoms with Crippen LogP contribution >= 0.6 is 0 Å². The third kappa shape index (κ3) is 3.98. The van der Waals surface area contributed by atoms with Gasteiger partial charge in [-0.15, -0.1) is 0 Å². The molecule has 0 bridgehead atoms. The van der Waals surface area contributed by atoms with Crippen LogP contribution in [0, 0.1) is 0 Å². The van der Waals surface area contributed by atoms with E-state index in [4.69, 9.17) is 5.14 Å². The van der Waals surface area contributed by atoms with Crippen LogP contribution < -0.4 is 9.86 Å². The molecule has 10 heteroatoms. The molecule has 6 nitrogen and oxygen atoms in total. The molecule has 0 atom stereocenters. The maximum absolute atomic E-state index is 11.9. The summed E-state index contributed by atoms with van der Waals surface area (Å²) in [6.45, 7) is -1.01. The maximum atomic E-state index is 11.9. The van der Waals surface area contributed by atoms with E-state index in [0.29, 0.717) is 0 Å². The molecule has 0 saturated carbocycles. The first-order chi connectivity index (χ1) is 8.13. The number of nitrogens with one attached hydrogen (secondary N) is 1. The van der Waals surface area contributed by atoms with E-state index >= 15 is 0 Å². The molecule has 0 heterocycles. The first kappa shape index (κ1) is 15.0. The minimum absolute atomic E-state index is 0.268. The molecule has 0 radical (unpaired) electrons. The normalized spacial score (nSPS) is 12.9. The van der Waals surface area contributed by atoms with Crippen LogP contribution in [0.4, 0.5) is 8.78 Å². The molecule has 3 N–H and O–H groups in total. The number of hydrogen-bond donors (Lipinski definition) is 2. The van der Waals surface area contributed by atoms with Gasteiger partial charge in [-0.25, -0.2) is 35.5 Å². The number of nitrogens with two attached hydrogens (primary N) is 1. The van der Waals surface area contributed by atoms with Gasteiger partial charge in [0.05, 0.1) is 16.3 Å². The molecular weight excluding hydrogens is 290 g/mol. The number of primary sulfonamides is 1. The first-order valence-corrected chi connectivity index (χ1v) is 7.56. The van der Waals surface area contributed by atoms with Crippen molar-refractivity contribution < 1.29 is 25.6 Å². The van der Waals surface area contributed by atoms with Gasteiger partial charge in [-0.05, 0) is 24.3 Å². The fraction of sp³-hybridized carbons (Fsp3) is 0.250. The van der Waals surface area contributed by atoms with Crippen LogP contribution in [-0.2, 0) is 20.0 Å². The molecule has 1 rings (SSSR count). The maximum Gasteiger partial charge on any atom is 0.251 e. The van der Waals surface area contributed by atoms with Gasteiger partial charge in [0.1, 0.15) is 0 Å². The average molecular weight is 300 g/mol. The Hall–Kier alpha value is -1.10. The van der Waals surface area contributed by atoms with Crippen molar-refractivity contribution in [3.63, 3.8) is 0 Å². The fourth-order valence-corrected chi connectivity index (χ4v) is 2.59. The van der Waals surface area contributed by atoms with E-state index in [-0.39, 0.29) is 9.79 Å². The molecule has 18 heavy (non-hydrogen) atoms. The smallest absolute Gasteiger partial charge is 0.225 e. The number of sulfonamides is 2. The van der Waals surface area contributed by atoms with Gasteiger partial charge >= 0.3 is 0 Å². The summed E-state index contributed by atoms with van der Waals surface area (Å²) in [7, 11) is -8.01. The highest BCUT2D eigenvalue weighted by Gasteiger charge is 2.17. The third-order valence-corrected chi connectivity index (χ3v) is 4.26. The molecule has 0 fully saturated rings. The molecule has 0 aromatic heterocycles. The van der Waals surface area contributed by atoms with Gasteiger partial charge in [-0.3, -0.25) is 0 Å². The SMILES string of the molecule is NS(=O)(=O)c1ccc(S(=O)(=O)NCC(F)F)cc1. The first-order valence-electron chi connectivity index (χ1n) is 4.53. The van der Waals surface area contributed by atoms with E-state index in [0.717, 1.165) is 24.3 Å². The van der Waals surface area contributed by atoms with Crippen LogP contribution in [-0.4, -0.2) is 29.8 Å². The van der Waals surface area contributed by atoms with Gasteiger partial charge in [0.15, 0.2) is 0 Å². The topological polar surface area (TPSA) is 106 Å². The Labute approximate surface area is 103 Å². The van der Waals surface area contributed by atoms with Crippen molar-refractivity contribution in [1.29, 1.82) is 0 Å². The number of rotatable bonds is 5. The second-order valence-corrected chi connectivity index (χ2v) is 6.59. The van der Waals surface area contributed by atoms with Gasteiger partial charge in [0, 0.05) is 0 Å². The number of halogens is 2. The Balaban J connectivity index is 2.98. The molecule has 102 valence electrons. The van der Waals surface area contributed by atoms with E-state index in [1.165, 1.54) is 0 Å². The van der Waals surface area contributed by atoms with E-state index in [2.05, 4.69) is 0 Å². The number of hydrogen-bond acceptors (Lipinski definition) is 4. The van der Waals surface area contributed by atoms with Crippen LogP contribution in [0.3, 0.4) is 0 Å². The second-order valence-electron chi connectivity index (χ2n) is 3.26. The lowest BCUT2D eigenvalue weighted by Gasteiger charge is -2.06. The minimum atomic E-state index is -4.08. The minimum Gasteiger partial charge on any atom is -0.225 e. The van der Waals surface area contributed by atoms with Crippen molar-refractivity contribution in [1.82, 2.24) is 4.72 Å². The molecule has 1 aromatic rings. The summed E-state index contributed by atoms with van der Waals surface area (Å²) in [5.41, 5.74) is 0. The summed E-state index contributed by atoms with van der Waals surface area (Å²) >= 11 is 0. The van der Waals surface area contributed by atoms with Crippen LogP contribution in [0.5, 0.6) is 0 Å². The second kappa shape index (κ2) is 5.26. The van der Waals surface area contributed by atoms with E-state index in [9.17, 15) is 25.6 Å². The quantitative estimate of drug-likeness (QED) is 0.790. The van der Waals surface area contributed by atoms with Crippen molar-refractivity contribution in [2.45, 2.75) is 16.2 Å². The number of benzene rings is 1. The van der Waals surface area contributed by atoms with Crippen molar-refractivity contribution in [2.75, 3.05) is 6.54 Å². The highest BCUT2D eigenvalue weighted by Crippen LogP contribution is 2.13. The summed E-state index contributed by atoms with van der Waals surface area (Å²) in [6.07, 6.45) is -2.82. The van der Waals surface area contributed by atoms with E-state index < -0.39 is 33.0 Å². The monoisotopic (exact) mass is 300 g/mol. The van der Waals surface area contributed by atoms with Crippen LogP contribution in [0.25, 0.3) is 0 Å². The molecule has 0 aliphatic carbocycles. The Bertz CT molecular complexity index is 611. The summed E-state index contributed by atoms with van der Waals surface area (Å²) < 4.78 is 70.2. The summed E-state index contributed by atoms with van der Waals surface area (Å²) in [6, 6.07) is 3.89. The molecule has 0 amide bonds. The zero-order chi connectivity index (χ0) is 14.0. The van der Waals surface area contributed by atoms with Gasteiger partial charge in [-0.2, -0.15) is 0 Å². The molecular formula is C8H10F2N2O4S2. The summed E-state index contributed by atoms with van der Waals surface area (Å²) in [5.74, 6) is 0. The molecule has 0 aliphatic heterocycles. The predicted molar refractivity (Wildman–Crippen MR) is 59.0 cm³/mol. The van der Waals surface area contributed by atoms with Crippen molar-refractivity contribution in [3.8, 4) is 0 Å². The van der Waals surface area contributed by atoms with Crippen molar-refractivity contribution in [3.05, 3.63) is 24.3 Å². The van der Waals surface area contributed by atoms with Gasteiger partial charge in [-0.1, -0.05) is 0 Å². The third-order valence-electron chi connectivity index (χ3n) is 1.89. The fourth-order valence-electron chi connectivity index (χ4n) is 1.06. The highest BCUT2D eigenvalue weighted by molar-refractivity contribution is 7.89. The largest absolute Gasteiger partial charge is 0.251 e. The van der Waals surface area contributed by atoms with E-state index in [1.807, 2.05) is 0 Å². The average Bonchev–Trinajstić information content (AvgIpc) is 2.26. The molecule has 1 aromatic carbocycles. The zero-order valence-electron chi connectivity index (χ0n) is 8.88. The van der Waals surface area contributed by atoms with Gasteiger partial charge in [0.25, 0.3) is 6.43 Å². The summed E-state index contributed by atoms with van der Waals surface area (Å²) in [5, 5.41) is 4.82. The predicted octanol–water partition coefficient (Wildman–Crippen LogP) is -0.123. The standard InChI is InChI=1S/C8H10F2N2O4S2/c9-8(10)5-12-18(15,16)7-3-1-6(2-4-7)17(11,13)14/h1-4,8,12H,5H2,(H2,11,13,14). The van der Waals surface area contributed by atoms with Crippen LogP contribution in [0.15, 0.2) is 34.1 Å². The lowest BCUT2D eigenvalue weighted by atomic mass is 10.4. The lowest BCUT2D eigenvalue weighted by molar-refractivity contribution is 0.153. The Kier molecular flexibility index (Phi) is 4.37. The molecule has 0 unspecified atom stereocenters. The zero-order valence-corrected chi connectivity index (χ0v) is 10.5. The van der Waals surface area contributed by atoms with Gasteiger partial charge in [0.2, 0.25) is 20.0 Å². The molecule has 0 saturated heterocycles. The Morgan fingerprint density at radius 2 is 1.50 bits per heavy atom. The Morgan fingerprint density at radius 3 is 1.89 bits per heavy atom. The lowest BCUT2D eigenvalue weighted by Crippen LogP contribution is -2.28. The highest BCUT2D eigenvalue weighted by atomic mass is 32.2. The molecule has 0 aliphatic rings.